The third kappa shape index (κ3) is 4.42. The van der Waals surface area contributed by atoms with Crippen LogP contribution >= 0.6 is 0 Å². The maximum atomic E-state index is 5.63. The highest BCUT2D eigenvalue weighted by atomic mass is 16.5. The van der Waals surface area contributed by atoms with Crippen LogP contribution in [0.4, 0.5) is 11.6 Å². The van der Waals surface area contributed by atoms with Gasteiger partial charge in [-0.3, -0.25) is 0 Å². The van der Waals surface area contributed by atoms with Crippen molar-refractivity contribution in [1.82, 2.24) is 9.97 Å². The number of rotatable bonds is 7. The summed E-state index contributed by atoms with van der Waals surface area (Å²) in [4.78, 5) is 8.58. The molecule has 5 heteroatoms. The van der Waals surface area contributed by atoms with Crippen LogP contribution in [0.1, 0.15) is 12.2 Å². The van der Waals surface area contributed by atoms with Crippen LogP contribution in [-0.4, -0.2) is 30.2 Å². The van der Waals surface area contributed by atoms with Gasteiger partial charge in [0.2, 0.25) is 0 Å². The molecule has 0 radical (unpaired) electrons. The largest absolute Gasteiger partial charge is 0.494 e. The molecule has 1 heterocycles. The number of hydrogen-bond acceptors (Lipinski definition) is 5. The van der Waals surface area contributed by atoms with Gasteiger partial charge in [-0.15, -0.1) is 0 Å². The van der Waals surface area contributed by atoms with Gasteiger partial charge in [-0.2, -0.15) is 0 Å². The predicted molar refractivity (Wildman–Crippen MR) is 81.4 cm³/mol. The fourth-order valence-electron chi connectivity index (χ4n) is 1.78. The first-order chi connectivity index (χ1) is 9.78. The molecule has 20 heavy (non-hydrogen) atoms. The summed E-state index contributed by atoms with van der Waals surface area (Å²) in [5.41, 5.74) is 0. The normalized spacial score (nSPS) is 10.1. The Bertz CT molecular complexity index is 531. The van der Waals surface area contributed by atoms with Crippen molar-refractivity contribution in [3.8, 4) is 5.75 Å². The molecule has 0 aliphatic rings. The predicted octanol–water partition coefficient (Wildman–Crippen LogP) is 2.71. The quantitative estimate of drug-likeness (QED) is 0.759. The van der Waals surface area contributed by atoms with Crippen LogP contribution in [0.5, 0.6) is 5.75 Å². The lowest BCUT2D eigenvalue weighted by atomic mass is 10.3. The van der Waals surface area contributed by atoms with Gasteiger partial charge < -0.3 is 15.4 Å². The van der Waals surface area contributed by atoms with Crippen LogP contribution in [0.3, 0.4) is 0 Å². The van der Waals surface area contributed by atoms with Crippen LogP contribution in [0.25, 0.3) is 0 Å². The third-order valence-corrected chi connectivity index (χ3v) is 2.73. The van der Waals surface area contributed by atoms with Crippen molar-refractivity contribution in [2.24, 2.45) is 0 Å². The zero-order chi connectivity index (χ0) is 14.2. The highest BCUT2D eigenvalue weighted by Crippen LogP contribution is 2.11. The molecule has 106 valence electrons. The van der Waals surface area contributed by atoms with Gasteiger partial charge >= 0.3 is 0 Å². The summed E-state index contributed by atoms with van der Waals surface area (Å²) in [6.07, 6.45) is 0.910. The zero-order valence-electron chi connectivity index (χ0n) is 11.9. The van der Waals surface area contributed by atoms with Crippen LogP contribution in [0, 0.1) is 6.92 Å². The molecular formula is C15H20N4O. The van der Waals surface area contributed by atoms with Gasteiger partial charge in [0.25, 0.3) is 0 Å². The lowest BCUT2D eigenvalue weighted by Crippen LogP contribution is -2.09. The van der Waals surface area contributed by atoms with Gasteiger partial charge in [-0.05, 0) is 25.5 Å². The zero-order valence-corrected chi connectivity index (χ0v) is 11.9. The molecule has 5 nitrogen and oxygen atoms in total. The average Bonchev–Trinajstić information content (AvgIpc) is 2.47. The van der Waals surface area contributed by atoms with Gasteiger partial charge in [0.1, 0.15) is 23.2 Å². The number of benzene rings is 1. The van der Waals surface area contributed by atoms with E-state index < -0.39 is 0 Å². The molecule has 0 spiro atoms. The lowest BCUT2D eigenvalue weighted by Gasteiger charge is -2.09. The highest BCUT2D eigenvalue weighted by molar-refractivity contribution is 5.46. The van der Waals surface area contributed by atoms with E-state index in [4.69, 9.17) is 4.74 Å². The molecular weight excluding hydrogens is 252 g/mol. The third-order valence-electron chi connectivity index (χ3n) is 2.73. The molecule has 0 saturated heterocycles. The number of hydrogen-bond donors (Lipinski definition) is 2. The molecule has 0 atom stereocenters. The number of nitrogens with one attached hydrogen (secondary N) is 2. The summed E-state index contributed by atoms with van der Waals surface area (Å²) >= 11 is 0. The number of para-hydroxylation sites is 1. The first-order valence-corrected chi connectivity index (χ1v) is 6.73. The maximum absolute atomic E-state index is 5.63. The Balaban J connectivity index is 1.72. The van der Waals surface area contributed by atoms with E-state index in [0.29, 0.717) is 6.61 Å². The maximum Gasteiger partial charge on any atom is 0.131 e. The van der Waals surface area contributed by atoms with E-state index in [1.54, 1.807) is 0 Å². The first-order valence-electron chi connectivity index (χ1n) is 6.73. The highest BCUT2D eigenvalue weighted by Gasteiger charge is 2.00. The summed E-state index contributed by atoms with van der Waals surface area (Å²) in [6.45, 7) is 3.37. The molecule has 1 aromatic carbocycles. The van der Waals surface area contributed by atoms with Crippen molar-refractivity contribution in [3.63, 3.8) is 0 Å². The van der Waals surface area contributed by atoms with Crippen molar-refractivity contribution in [2.45, 2.75) is 13.3 Å². The number of nitrogens with zero attached hydrogens (tertiary/aromatic N) is 2. The molecule has 0 saturated carbocycles. The Morgan fingerprint density at radius 1 is 1.10 bits per heavy atom. The van der Waals surface area contributed by atoms with Crippen molar-refractivity contribution in [1.29, 1.82) is 0 Å². The fourth-order valence-corrected chi connectivity index (χ4v) is 1.78. The SMILES string of the molecule is CNc1cc(NCCCOc2ccccc2)nc(C)n1. The Kier molecular flexibility index (Phi) is 5.17. The van der Waals surface area contributed by atoms with Gasteiger partial charge in [0.05, 0.1) is 6.61 Å². The Hall–Kier alpha value is -2.30. The standard InChI is InChI=1S/C15H20N4O/c1-12-18-14(16-2)11-15(19-12)17-9-6-10-20-13-7-4-3-5-8-13/h3-5,7-8,11H,6,9-10H2,1-2H3,(H2,16,17,18,19). The first kappa shape index (κ1) is 14.1. The topological polar surface area (TPSA) is 59.1 Å². The van der Waals surface area contributed by atoms with Gasteiger partial charge in [0, 0.05) is 19.7 Å². The van der Waals surface area contributed by atoms with Gasteiger partial charge in [-0.25, -0.2) is 9.97 Å². The summed E-state index contributed by atoms with van der Waals surface area (Å²) < 4.78 is 5.63. The van der Waals surface area contributed by atoms with Gasteiger partial charge in [-0.1, -0.05) is 18.2 Å². The molecule has 0 aliphatic carbocycles. The molecule has 0 amide bonds. The lowest BCUT2D eigenvalue weighted by molar-refractivity contribution is 0.315. The Morgan fingerprint density at radius 2 is 1.85 bits per heavy atom. The van der Waals surface area contributed by atoms with E-state index in [2.05, 4.69) is 20.6 Å². The molecule has 2 aromatic rings. The van der Waals surface area contributed by atoms with Crippen molar-refractivity contribution >= 4 is 11.6 Å². The summed E-state index contributed by atoms with van der Waals surface area (Å²) in [5.74, 6) is 3.31. The van der Waals surface area contributed by atoms with Crippen LogP contribution in [0.15, 0.2) is 36.4 Å². The minimum atomic E-state index is 0.681. The molecule has 0 unspecified atom stereocenters. The number of ether oxygens (including phenoxy) is 1. The summed E-state index contributed by atoms with van der Waals surface area (Å²) in [7, 11) is 1.85. The van der Waals surface area contributed by atoms with E-state index in [0.717, 1.165) is 36.2 Å². The van der Waals surface area contributed by atoms with E-state index in [9.17, 15) is 0 Å². The minimum absolute atomic E-state index is 0.681. The average molecular weight is 272 g/mol. The number of aromatic nitrogens is 2. The summed E-state index contributed by atoms with van der Waals surface area (Å²) in [5, 5.41) is 6.29. The van der Waals surface area contributed by atoms with Crippen molar-refractivity contribution in [3.05, 3.63) is 42.2 Å². The van der Waals surface area contributed by atoms with E-state index in [1.165, 1.54) is 0 Å². The Morgan fingerprint density at radius 3 is 2.60 bits per heavy atom. The molecule has 2 rings (SSSR count). The second-order valence-electron chi connectivity index (χ2n) is 4.38. The number of anilines is 2. The van der Waals surface area contributed by atoms with Crippen LogP contribution in [0.2, 0.25) is 0 Å². The fraction of sp³-hybridized carbons (Fsp3) is 0.333. The Labute approximate surface area is 119 Å². The molecule has 0 aliphatic heterocycles. The second kappa shape index (κ2) is 7.33. The van der Waals surface area contributed by atoms with Crippen molar-refractivity contribution < 1.29 is 4.74 Å². The molecule has 2 N–H and O–H groups in total. The second-order valence-corrected chi connectivity index (χ2v) is 4.38. The number of aryl methyl sites for hydroxylation is 1. The van der Waals surface area contributed by atoms with E-state index in [-0.39, 0.29) is 0 Å². The monoisotopic (exact) mass is 272 g/mol. The van der Waals surface area contributed by atoms with E-state index >= 15 is 0 Å². The minimum Gasteiger partial charge on any atom is -0.494 e. The molecule has 1 aromatic heterocycles. The van der Waals surface area contributed by atoms with Crippen molar-refractivity contribution in [2.75, 3.05) is 30.8 Å². The van der Waals surface area contributed by atoms with Gasteiger partial charge in [0.15, 0.2) is 0 Å². The van der Waals surface area contributed by atoms with Crippen LogP contribution in [-0.2, 0) is 0 Å². The van der Waals surface area contributed by atoms with E-state index in [1.807, 2.05) is 50.4 Å². The molecule has 0 bridgehead atoms. The van der Waals surface area contributed by atoms with Crippen LogP contribution < -0.4 is 15.4 Å². The smallest absolute Gasteiger partial charge is 0.131 e. The summed E-state index contributed by atoms with van der Waals surface area (Å²) in [6, 6.07) is 11.7. The molecule has 0 fully saturated rings.